The molecule has 0 unspecified atom stereocenters. The molecule has 0 radical (unpaired) electrons. The summed E-state index contributed by atoms with van der Waals surface area (Å²) in [5.41, 5.74) is 5.36. The number of nitrogens with zero attached hydrogens (tertiary/aromatic N) is 7. The molecule has 11 heteroatoms. The number of hydrogen-bond acceptors (Lipinski definition) is 10. The summed E-state index contributed by atoms with van der Waals surface area (Å²) in [6.07, 6.45) is 4.01. The Morgan fingerprint density at radius 1 is 0.818 bits per heavy atom. The van der Waals surface area contributed by atoms with Crippen molar-refractivity contribution in [2.45, 2.75) is 32.0 Å². The molecule has 0 atom stereocenters. The predicted molar refractivity (Wildman–Crippen MR) is 173 cm³/mol. The van der Waals surface area contributed by atoms with Gasteiger partial charge in [0.05, 0.1) is 5.69 Å². The zero-order valence-corrected chi connectivity index (χ0v) is 25.5. The second kappa shape index (κ2) is 12.1. The first-order valence-electron chi connectivity index (χ1n) is 15.4. The number of fused-ring (bicyclic) bond motifs is 2. The standard InChI is InChI=1S/C33H36N8O2S/c1-2-4-24(5-3-1)19-38-11-8-26(9-12-38)35-31-30-32(41(22-34-30)27-10-17-44-21-27)37-33(36-31)40-15-13-39(14-16-40)20-25-6-7-28-29(18-25)43-23-42-28/h1-7,10,17-18,21-22,26H,8-9,11-16,19-20,23H2,(H,35,36,37). The van der Waals surface area contributed by atoms with Crippen LogP contribution in [0.15, 0.2) is 71.7 Å². The van der Waals surface area contributed by atoms with Crippen molar-refractivity contribution < 1.29 is 9.47 Å². The number of thiophene rings is 1. The summed E-state index contributed by atoms with van der Waals surface area (Å²) < 4.78 is 13.1. The highest BCUT2D eigenvalue weighted by Crippen LogP contribution is 2.33. The van der Waals surface area contributed by atoms with Crippen molar-refractivity contribution in [1.29, 1.82) is 0 Å². The molecule has 5 aromatic rings. The van der Waals surface area contributed by atoms with Crippen molar-refractivity contribution in [2.24, 2.45) is 0 Å². The van der Waals surface area contributed by atoms with E-state index in [9.17, 15) is 0 Å². The maximum absolute atomic E-state index is 5.58. The molecule has 8 rings (SSSR count). The molecule has 0 bridgehead atoms. The highest BCUT2D eigenvalue weighted by Gasteiger charge is 2.25. The molecule has 10 nitrogen and oxygen atoms in total. The third-order valence-corrected chi connectivity index (χ3v) is 9.52. The number of imidazole rings is 1. The summed E-state index contributed by atoms with van der Waals surface area (Å²) >= 11 is 1.68. The average Bonchev–Trinajstić information content (AvgIpc) is 3.84. The monoisotopic (exact) mass is 608 g/mol. The molecule has 2 aromatic carbocycles. The van der Waals surface area contributed by atoms with E-state index in [1.165, 1.54) is 11.1 Å². The third kappa shape index (κ3) is 5.70. The number of hydrogen-bond donors (Lipinski definition) is 1. The Hall–Kier alpha value is -4.19. The summed E-state index contributed by atoms with van der Waals surface area (Å²) in [5, 5.41) is 8.02. The van der Waals surface area contributed by atoms with Gasteiger partial charge in [-0.05, 0) is 47.5 Å². The molecule has 3 aliphatic heterocycles. The molecule has 1 N–H and O–H groups in total. The second-order valence-electron chi connectivity index (χ2n) is 11.8. The molecule has 0 aliphatic carbocycles. The minimum Gasteiger partial charge on any atom is -0.454 e. The second-order valence-corrected chi connectivity index (χ2v) is 12.6. The first-order chi connectivity index (χ1) is 21.7. The maximum atomic E-state index is 5.58. The molecule has 0 spiro atoms. The highest BCUT2D eigenvalue weighted by molar-refractivity contribution is 7.08. The number of anilines is 2. The van der Waals surface area contributed by atoms with E-state index in [1.54, 1.807) is 11.3 Å². The van der Waals surface area contributed by atoms with Gasteiger partial charge >= 0.3 is 0 Å². The minimum absolute atomic E-state index is 0.303. The van der Waals surface area contributed by atoms with Gasteiger partial charge in [-0.1, -0.05) is 36.4 Å². The van der Waals surface area contributed by atoms with Gasteiger partial charge in [-0.15, -0.1) is 0 Å². The molecule has 0 saturated carbocycles. The number of ether oxygens (including phenoxy) is 2. The third-order valence-electron chi connectivity index (χ3n) is 8.84. The van der Waals surface area contributed by atoms with Crippen molar-refractivity contribution in [1.82, 2.24) is 29.3 Å². The Labute approximate surface area is 260 Å². The highest BCUT2D eigenvalue weighted by atomic mass is 32.1. The SMILES string of the molecule is c1ccc(CN2CCC(Nc3nc(N4CCN(Cc5ccc6c(c5)OCO6)CC4)nc4c3ncn4-c3ccsc3)CC2)cc1. The van der Waals surface area contributed by atoms with Crippen LogP contribution >= 0.6 is 11.3 Å². The number of piperazine rings is 1. The van der Waals surface area contributed by atoms with E-state index in [1.807, 2.05) is 12.4 Å². The van der Waals surface area contributed by atoms with Crippen molar-refractivity contribution in [2.75, 3.05) is 56.3 Å². The quantitative estimate of drug-likeness (QED) is 0.262. The lowest BCUT2D eigenvalue weighted by Gasteiger charge is -2.35. The van der Waals surface area contributed by atoms with E-state index in [2.05, 4.69) is 83.9 Å². The fourth-order valence-corrected chi connectivity index (χ4v) is 7.02. The van der Waals surface area contributed by atoms with Crippen LogP contribution in [0.1, 0.15) is 24.0 Å². The lowest BCUT2D eigenvalue weighted by atomic mass is 10.0. The van der Waals surface area contributed by atoms with Gasteiger partial charge in [0, 0.05) is 63.8 Å². The molecule has 3 aromatic heterocycles. The largest absolute Gasteiger partial charge is 0.454 e. The predicted octanol–water partition coefficient (Wildman–Crippen LogP) is 5.00. The van der Waals surface area contributed by atoms with E-state index < -0.39 is 0 Å². The van der Waals surface area contributed by atoms with Gasteiger partial charge in [0.2, 0.25) is 12.7 Å². The van der Waals surface area contributed by atoms with Gasteiger partial charge in [-0.2, -0.15) is 21.3 Å². The molecule has 2 fully saturated rings. The molecule has 44 heavy (non-hydrogen) atoms. The molecule has 0 amide bonds. The Morgan fingerprint density at radius 2 is 1.61 bits per heavy atom. The molecule has 226 valence electrons. The number of aromatic nitrogens is 4. The van der Waals surface area contributed by atoms with Crippen LogP contribution in [0, 0.1) is 0 Å². The minimum atomic E-state index is 0.303. The van der Waals surface area contributed by atoms with Gasteiger partial charge in [0.15, 0.2) is 28.5 Å². The van der Waals surface area contributed by atoms with Crippen molar-refractivity contribution in [3.8, 4) is 17.2 Å². The number of nitrogens with one attached hydrogen (secondary N) is 1. The van der Waals surface area contributed by atoms with Crippen molar-refractivity contribution in [3.63, 3.8) is 0 Å². The average molecular weight is 609 g/mol. The number of piperidine rings is 1. The van der Waals surface area contributed by atoms with Crippen LogP contribution in [-0.4, -0.2) is 81.4 Å². The van der Waals surface area contributed by atoms with Crippen molar-refractivity contribution >= 4 is 34.3 Å². The first-order valence-corrected chi connectivity index (χ1v) is 16.4. The molecule has 2 saturated heterocycles. The fourth-order valence-electron chi connectivity index (χ4n) is 6.39. The van der Waals surface area contributed by atoms with Crippen LogP contribution in [0.4, 0.5) is 11.8 Å². The zero-order valence-electron chi connectivity index (χ0n) is 24.6. The fraction of sp³-hybridized carbons (Fsp3) is 0.364. The van der Waals surface area contributed by atoms with E-state index in [0.29, 0.717) is 12.8 Å². The number of rotatable bonds is 8. The van der Waals surface area contributed by atoms with E-state index >= 15 is 0 Å². The van der Waals surface area contributed by atoms with Crippen LogP contribution in [0.5, 0.6) is 11.5 Å². The summed E-state index contributed by atoms with van der Waals surface area (Å²) in [6, 6.07) is 19.4. The number of likely N-dealkylation sites (tertiary alicyclic amines) is 1. The molecule has 6 heterocycles. The summed E-state index contributed by atoms with van der Waals surface area (Å²) in [4.78, 5) is 22.4. The first kappa shape index (κ1) is 27.4. The van der Waals surface area contributed by atoms with Crippen LogP contribution in [0.3, 0.4) is 0 Å². The normalized spacial score (nSPS) is 17.9. The van der Waals surface area contributed by atoms with Gasteiger partial charge in [0.1, 0.15) is 6.33 Å². The van der Waals surface area contributed by atoms with Gasteiger partial charge in [-0.3, -0.25) is 14.4 Å². The summed E-state index contributed by atoms with van der Waals surface area (Å²) in [6.45, 7) is 7.89. The lowest BCUT2D eigenvalue weighted by molar-refractivity contribution is 0.174. The van der Waals surface area contributed by atoms with Gasteiger partial charge in [-0.25, -0.2) is 4.98 Å². The topological polar surface area (TPSA) is 83.8 Å². The molecular formula is C33H36N8O2S. The van der Waals surface area contributed by atoms with Crippen LogP contribution < -0.4 is 19.7 Å². The Balaban J connectivity index is 0.982. The van der Waals surface area contributed by atoms with Crippen molar-refractivity contribution in [3.05, 3.63) is 82.8 Å². The van der Waals surface area contributed by atoms with E-state index in [-0.39, 0.29) is 0 Å². The smallest absolute Gasteiger partial charge is 0.231 e. The van der Waals surface area contributed by atoms with Gasteiger partial charge in [0.25, 0.3) is 0 Å². The van der Waals surface area contributed by atoms with Crippen LogP contribution in [0.2, 0.25) is 0 Å². The van der Waals surface area contributed by atoms with Crippen LogP contribution in [0.25, 0.3) is 16.9 Å². The van der Waals surface area contributed by atoms with E-state index in [0.717, 1.165) is 105 Å². The Bertz CT molecular complexity index is 1710. The summed E-state index contributed by atoms with van der Waals surface area (Å²) in [5.74, 6) is 3.27. The van der Waals surface area contributed by atoms with Crippen LogP contribution in [-0.2, 0) is 13.1 Å². The zero-order chi connectivity index (χ0) is 29.3. The molecular weight excluding hydrogens is 572 g/mol. The summed E-state index contributed by atoms with van der Waals surface area (Å²) in [7, 11) is 0. The van der Waals surface area contributed by atoms with Gasteiger partial charge < -0.3 is 19.7 Å². The molecule has 3 aliphatic rings. The lowest BCUT2D eigenvalue weighted by Crippen LogP contribution is -2.46. The maximum Gasteiger partial charge on any atom is 0.231 e. The van der Waals surface area contributed by atoms with E-state index in [4.69, 9.17) is 24.4 Å². The Kier molecular flexibility index (Phi) is 7.50. The Morgan fingerprint density at radius 3 is 2.43 bits per heavy atom. The number of benzene rings is 2.